The van der Waals surface area contributed by atoms with Crippen molar-refractivity contribution in [2.75, 3.05) is 19.6 Å². The maximum absolute atomic E-state index is 5.84. The number of hydrogen-bond acceptors (Lipinski definition) is 2. The van der Waals surface area contributed by atoms with E-state index in [0.29, 0.717) is 12.0 Å². The van der Waals surface area contributed by atoms with Gasteiger partial charge in [-0.1, -0.05) is 24.3 Å². The lowest BCUT2D eigenvalue weighted by molar-refractivity contribution is 0.164. The van der Waals surface area contributed by atoms with E-state index < -0.39 is 0 Å². The molecule has 1 saturated heterocycles. The SMILES string of the molecule is NCc1ccccc1C1(CN2CCC2)CC1. The van der Waals surface area contributed by atoms with Crippen LogP contribution in [-0.2, 0) is 12.0 Å². The van der Waals surface area contributed by atoms with Crippen molar-refractivity contribution >= 4 is 0 Å². The van der Waals surface area contributed by atoms with Crippen molar-refractivity contribution in [1.82, 2.24) is 4.90 Å². The van der Waals surface area contributed by atoms with E-state index in [2.05, 4.69) is 29.2 Å². The molecule has 0 amide bonds. The van der Waals surface area contributed by atoms with Crippen LogP contribution in [0, 0.1) is 0 Å². The summed E-state index contributed by atoms with van der Waals surface area (Å²) in [5, 5.41) is 0. The fourth-order valence-corrected chi connectivity index (χ4v) is 2.85. The lowest BCUT2D eigenvalue weighted by Crippen LogP contribution is -2.42. The van der Waals surface area contributed by atoms with Gasteiger partial charge >= 0.3 is 0 Å². The van der Waals surface area contributed by atoms with Crippen molar-refractivity contribution in [3.05, 3.63) is 35.4 Å². The van der Waals surface area contributed by atoms with Crippen LogP contribution in [0.25, 0.3) is 0 Å². The predicted molar refractivity (Wildman–Crippen MR) is 66.3 cm³/mol. The third kappa shape index (κ3) is 1.66. The van der Waals surface area contributed by atoms with Gasteiger partial charge in [0.25, 0.3) is 0 Å². The lowest BCUT2D eigenvalue weighted by Gasteiger charge is -2.35. The van der Waals surface area contributed by atoms with E-state index in [1.54, 1.807) is 0 Å². The van der Waals surface area contributed by atoms with Crippen LogP contribution in [0.4, 0.5) is 0 Å². The molecule has 2 fully saturated rings. The molecule has 0 spiro atoms. The van der Waals surface area contributed by atoms with Gasteiger partial charge in [-0.2, -0.15) is 0 Å². The molecule has 1 heterocycles. The second kappa shape index (κ2) is 3.86. The number of benzene rings is 1. The zero-order valence-corrected chi connectivity index (χ0v) is 9.78. The summed E-state index contributed by atoms with van der Waals surface area (Å²) in [6.45, 7) is 4.53. The van der Waals surface area contributed by atoms with Crippen LogP contribution in [0.1, 0.15) is 30.4 Å². The van der Waals surface area contributed by atoms with Gasteiger partial charge in [0.2, 0.25) is 0 Å². The van der Waals surface area contributed by atoms with Crippen LogP contribution in [0.5, 0.6) is 0 Å². The molecular weight excluding hydrogens is 196 g/mol. The van der Waals surface area contributed by atoms with Crippen LogP contribution in [0.2, 0.25) is 0 Å². The first-order chi connectivity index (χ1) is 7.84. The smallest absolute Gasteiger partial charge is 0.0181 e. The third-order valence-electron chi connectivity index (χ3n) is 4.14. The second-order valence-electron chi connectivity index (χ2n) is 5.27. The van der Waals surface area contributed by atoms with E-state index in [1.807, 2.05) is 0 Å². The minimum absolute atomic E-state index is 0.455. The lowest BCUT2D eigenvalue weighted by atomic mass is 9.90. The Morgan fingerprint density at radius 3 is 2.50 bits per heavy atom. The highest BCUT2D eigenvalue weighted by Crippen LogP contribution is 2.50. The number of rotatable bonds is 4. The van der Waals surface area contributed by atoms with E-state index in [0.717, 1.165) is 0 Å². The molecular formula is C14H20N2. The Morgan fingerprint density at radius 1 is 1.19 bits per heavy atom. The van der Waals surface area contributed by atoms with E-state index in [1.165, 1.54) is 50.0 Å². The van der Waals surface area contributed by atoms with Gasteiger partial charge in [-0.25, -0.2) is 0 Å². The van der Waals surface area contributed by atoms with E-state index >= 15 is 0 Å². The number of hydrogen-bond donors (Lipinski definition) is 1. The topological polar surface area (TPSA) is 29.3 Å². The molecule has 0 atom stereocenters. The first kappa shape index (κ1) is 10.3. The maximum atomic E-state index is 5.84. The molecule has 86 valence electrons. The van der Waals surface area contributed by atoms with Crippen molar-refractivity contribution in [2.45, 2.75) is 31.2 Å². The van der Waals surface area contributed by atoms with Gasteiger partial charge in [0.05, 0.1) is 0 Å². The molecule has 1 saturated carbocycles. The fourth-order valence-electron chi connectivity index (χ4n) is 2.85. The van der Waals surface area contributed by atoms with Gasteiger partial charge in [0, 0.05) is 18.5 Å². The Labute approximate surface area is 97.4 Å². The van der Waals surface area contributed by atoms with Crippen molar-refractivity contribution in [2.24, 2.45) is 5.73 Å². The average Bonchev–Trinajstić information content (AvgIpc) is 3.05. The Morgan fingerprint density at radius 2 is 1.94 bits per heavy atom. The summed E-state index contributed by atoms with van der Waals surface area (Å²) in [6.07, 6.45) is 4.08. The number of nitrogens with zero attached hydrogens (tertiary/aromatic N) is 1. The predicted octanol–water partition coefficient (Wildman–Crippen LogP) is 1.88. The van der Waals surface area contributed by atoms with Crippen LogP contribution < -0.4 is 5.73 Å². The Kier molecular flexibility index (Phi) is 2.49. The summed E-state index contributed by atoms with van der Waals surface area (Å²) in [7, 11) is 0. The molecule has 1 aliphatic heterocycles. The summed E-state index contributed by atoms with van der Waals surface area (Å²) in [5.41, 5.74) is 9.16. The maximum Gasteiger partial charge on any atom is 0.0181 e. The van der Waals surface area contributed by atoms with Crippen molar-refractivity contribution in [3.8, 4) is 0 Å². The zero-order valence-electron chi connectivity index (χ0n) is 9.78. The van der Waals surface area contributed by atoms with E-state index in [4.69, 9.17) is 5.73 Å². The van der Waals surface area contributed by atoms with Crippen LogP contribution in [-0.4, -0.2) is 24.5 Å². The minimum Gasteiger partial charge on any atom is -0.326 e. The Bertz CT molecular complexity index is 378. The van der Waals surface area contributed by atoms with Gasteiger partial charge in [-0.3, -0.25) is 0 Å². The van der Waals surface area contributed by atoms with Crippen molar-refractivity contribution in [1.29, 1.82) is 0 Å². The normalized spacial score (nSPS) is 22.8. The van der Waals surface area contributed by atoms with E-state index in [-0.39, 0.29) is 0 Å². The average molecular weight is 216 g/mol. The monoisotopic (exact) mass is 216 g/mol. The molecule has 3 rings (SSSR count). The van der Waals surface area contributed by atoms with Crippen LogP contribution in [0.3, 0.4) is 0 Å². The fraction of sp³-hybridized carbons (Fsp3) is 0.571. The summed E-state index contributed by atoms with van der Waals surface area (Å²) in [6, 6.07) is 8.73. The highest BCUT2D eigenvalue weighted by molar-refractivity contribution is 5.39. The zero-order chi connectivity index (χ0) is 11.0. The molecule has 2 nitrogen and oxygen atoms in total. The van der Waals surface area contributed by atoms with Gasteiger partial charge in [0.15, 0.2) is 0 Å². The largest absolute Gasteiger partial charge is 0.326 e. The standard InChI is InChI=1S/C14H20N2/c15-10-12-4-1-2-5-13(12)14(6-7-14)11-16-8-3-9-16/h1-2,4-5H,3,6-11,15H2. The van der Waals surface area contributed by atoms with Crippen LogP contribution in [0.15, 0.2) is 24.3 Å². The van der Waals surface area contributed by atoms with Gasteiger partial charge in [0.1, 0.15) is 0 Å². The number of likely N-dealkylation sites (tertiary alicyclic amines) is 1. The summed E-state index contributed by atoms with van der Waals surface area (Å²) < 4.78 is 0. The van der Waals surface area contributed by atoms with Gasteiger partial charge in [-0.05, 0) is 43.5 Å². The molecule has 16 heavy (non-hydrogen) atoms. The van der Waals surface area contributed by atoms with Gasteiger partial charge < -0.3 is 10.6 Å². The molecule has 0 unspecified atom stereocenters. The quantitative estimate of drug-likeness (QED) is 0.832. The molecule has 1 aromatic rings. The summed E-state index contributed by atoms with van der Waals surface area (Å²) in [4.78, 5) is 2.58. The van der Waals surface area contributed by atoms with Crippen molar-refractivity contribution < 1.29 is 0 Å². The van der Waals surface area contributed by atoms with Gasteiger partial charge in [-0.15, -0.1) is 0 Å². The molecule has 0 radical (unpaired) electrons. The first-order valence-electron chi connectivity index (χ1n) is 6.35. The van der Waals surface area contributed by atoms with Crippen LogP contribution >= 0.6 is 0 Å². The molecule has 1 aliphatic carbocycles. The minimum atomic E-state index is 0.455. The molecule has 0 aromatic heterocycles. The molecule has 1 aromatic carbocycles. The molecule has 2 aliphatic rings. The highest BCUT2D eigenvalue weighted by Gasteiger charge is 2.46. The van der Waals surface area contributed by atoms with Crippen molar-refractivity contribution in [3.63, 3.8) is 0 Å². The number of nitrogens with two attached hydrogens (primary N) is 1. The highest BCUT2D eigenvalue weighted by atomic mass is 15.2. The molecule has 2 heteroatoms. The first-order valence-corrected chi connectivity index (χ1v) is 6.35. The Balaban J connectivity index is 1.84. The third-order valence-corrected chi connectivity index (χ3v) is 4.14. The van der Waals surface area contributed by atoms with E-state index in [9.17, 15) is 0 Å². The Hall–Kier alpha value is -0.860. The molecule has 0 bridgehead atoms. The second-order valence-corrected chi connectivity index (χ2v) is 5.27. The summed E-state index contributed by atoms with van der Waals surface area (Å²) in [5.74, 6) is 0. The summed E-state index contributed by atoms with van der Waals surface area (Å²) >= 11 is 0. The molecule has 2 N–H and O–H groups in total.